The quantitative estimate of drug-likeness (QED) is 0.684. The molecule has 0 aliphatic carbocycles. The van der Waals surface area contributed by atoms with Crippen molar-refractivity contribution in [3.05, 3.63) is 36.2 Å². The van der Waals surface area contributed by atoms with E-state index in [0.717, 1.165) is 57.5 Å². The molecule has 29 heavy (non-hydrogen) atoms. The van der Waals surface area contributed by atoms with Gasteiger partial charge < -0.3 is 10.2 Å². The number of carbonyl (C=O) groups is 2. The van der Waals surface area contributed by atoms with Gasteiger partial charge in [0.05, 0.1) is 0 Å². The van der Waals surface area contributed by atoms with Crippen molar-refractivity contribution in [2.75, 3.05) is 32.7 Å². The predicted octanol–water partition coefficient (Wildman–Crippen LogP) is 2.71. The van der Waals surface area contributed by atoms with E-state index < -0.39 is 0 Å². The van der Waals surface area contributed by atoms with Crippen molar-refractivity contribution in [3.63, 3.8) is 0 Å². The van der Waals surface area contributed by atoms with Crippen LogP contribution in [-0.4, -0.2) is 65.4 Å². The number of nitrogens with zero attached hydrogens (tertiary/aromatic N) is 3. The van der Waals surface area contributed by atoms with Crippen molar-refractivity contribution >= 4 is 17.9 Å². The third kappa shape index (κ3) is 6.67. The molecule has 2 fully saturated rings. The van der Waals surface area contributed by atoms with Crippen LogP contribution in [0, 0.1) is 5.92 Å². The summed E-state index contributed by atoms with van der Waals surface area (Å²) in [7, 11) is 0. The molecular weight excluding hydrogens is 364 g/mol. The Hall–Kier alpha value is -2.21. The highest BCUT2D eigenvalue weighted by Crippen LogP contribution is 2.22. The first kappa shape index (κ1) is 21.5. The normalized spacial score (nSPS) is 21.0. The molecule has 0 unspecified atom stereocenters. The molecule has 1 N–H and O–H groups in total. The van der Waals surface area contributed by atoms with Gasteiger partial charge in [0.1, 0.15) is 0 Å². The first-order chi connectivity index (χ1) is 14.2. The predicted molar refractivity (Wildman–Crippen MR) is 115 cm³/mol. The zero-order valence-electron chi connectivity index (χ0n) is 17.6. The minimum absolute atomic E-state index is 0.0649. The van der Waals surface area contributed by atoms with Crippen LogP contribution in [0.1, 0.15) is 51.0 Å². The van der Waals surface area contributed by atoms with Crippen molar-refractivity contribution in [2.24, 2.45) is 5.92 Å². The molecule has 6 nitrogen and oxygen atoms in total. The van der Waals surface area contributed by atoms with Gasteiger partial charge in [-0.3, -0.25) is 19.5 Å². The average Bonchev–Trinajstić information content (AvgIpc) is 3.23. The monoisotopic (exact) mass is 398 g/mol. The Balaban J connectivity index is 1.32. The van der Waals surface area contributed by atoms with E-state index in [2.05, 4.69) is 22.1 Å². The molecule has 3 heterocycles. The molecule has 6 heteroatoms. The van der Waals surface area contributed by atoms with Crippen LogP contribution < -0.4 is 5.32 Å². The Morgan fingerprint density at radius 3 is 2.66 bits per heavy atom. The third-order valence-corrected chi connectivity index (χ3v) is 6.27. The average molecular weight is 399 g/mol. The molecule has 2 aliphatic rings. The smallest absolute Gasteiger partial charge is 0.246 e. The summed E-state index contributed by atoms with van der Waals surface area (Å²) in [6.45, 7) is 6.75. The fourth-order valence-corrected chi connectivity index (χ4v) is 4.39. The number of carbonyl (C=O) groups excluding carboxylic acids is 2. The lowest BCUT2D eigenvalue weighted by Crippen LogP contribution is -2.40. The topological polar surface area (TPSA) is 65.5 Å². The molecule has 2 aliphatic heterocycles. The molecule has 2 saturated heterocycles. The molecule has 158 valence electrons. The van der Waals surface area contributed by atoms with Crippen molar-refractivity contribution < 1.29 is 9.59 Å². The van der Waals surface area contributed by atoms with Gasteiger partial charge in [0, 0.05) is 50.6 Å². The number of rotatable bonds is 8. The van der Waals surface area contributed by atoms with E-state index in [0.29, 0.717) is 18.4 Å². The number of likely N-dealkylation sites (tertiary alicyclic amines) is 2. The molecule has 0 radical (unpaired) electrons. The van der Waals surface area contributed by atoms with Crippen LogP contribution in [0.4, 0.5) is 0 Å². The van der Waals surface area contributed by atoms with E-state index in [-0.39, 0.29) is 11.8 Å². The molecular formula is C23H34N4O2. The number of likely N-dealkylation sites (N-methyl/N-ethyl adjacent to an activating group) is 1. The minimum Gasteiger partial charge on any atom is -0.355 e. The maximum Gasteiger partial charge on any atom is 0.246 e. The first-order valence-electron chi connectivity index (χ1n) is 11.0. The Bertz CT molecular complexity index is 683. The minimum atomic E-state index is 0.0649. The Kier molecular flexibility index (Phi) is 8.23. The van der Waals surface area contributed by atoms with Gasteiger partial charge in [-0.2, -0.15) is 0 Å². The van der Waals surface area contributed by atoms with Crippen molar-refractivity contribution in [2.45, 2.75) is 51.5 Å². The summed E-state index contributed by atoms with van der Waals surface area (Å²) in [5.74, 6) is 0.773. The van der Waals surface area contributed by atoms with Crippen molar-refractivity contribution in [1.29, 1.82) is 0 Å². The molecule has 1 atom stereocenters. The van der Waals surface area contributed by atoms with E-state index in [9.17, 15) is 9.59 Å². The van der Waals surface area contributed by atoms with Crippen LogP contribution in [0.2, 0.25) is 0 Å². The fourth-order valence-electron chi connectivity index (χ4n) is 4.39. The Labute approximate surface area is 174 Å². The van der Waals surface area contributed by atoms with E-state index >= 15 is 0 Å². The lowest BCUT2D eigenvalue weighted by atomic mass is 9.92. The largest absolute Gasteiger partial charge is 0.355 e. The summed E-state index contributed by atoms with van der Waals surface area (Å²) >= 11 is 0. The second-order valence-electron chi connectivity index (χ2n) is 8.15. The summed E-state index contributed by atoms with van der Waals surface area (Å²) in [6, 6.07) is 4.28. The highest BCUT2D eigenvalue weighted by Gasteiger charge is 2.24. The number of nitrogens with one attached hydrogen (secondary N) is 1. The summed E-state index contributed by atoms with van der Waals surface area (Å²) in [5.41, 5.74) is 0.980. The van der Waals surface area contributed by atoms with Crippen LogP contribution in [0.15, 0.2) is 30.6 Å². The standard InChI is InChI=1S/C23H34N4O2/c1-2-26-15-3-4-21(26)18-25-22(28)7-5-20-11-16-27(17-12-20)23(29)8-6-19-9-13-24-14-10-19/h6,8-10,13-14,20-21H,2-5,7,11-12,15-18H2,1H3,(H,25,28)/b8-6+/t21-/m0/s1. The second kappa shape index (κ2) is 11.1. The highest BCUT2D eigenvalue weighted by atomic mass is 16.2. The summed E-state index contributed by atoms with van der Waals surface area (Å²) in [5, 5.41) is 3.13. The maximum atomic E-state index is 12.4. The number of aromatic nitrogens is 1. The second-order valence-corrected chi connectivity index (χ2v) is 8.15. The van der Waals surface area contributed by atoms with Crippen LogP contribution >= 0.6 is 0 Å². The lowest BCUT2D eigenvalue weighted by Gasteiger charge is -2.31. The third-order valence-electron chi connectivity index (χ3n) is 6.27. The molecule has 0 bridgehead atoms. The van der Waals surface area contributed by atoms with E-state index in [1.165, 1.54) is 12.8 Å². The zero-order chi connectivity index (χ0) is 20.5. The highest BCUT2D eigenvalue weighted by molar-refractivity contribution is 5.91. The molecule has 0 saturated carbocycles. The van der Waals surface area contributed by atoms with Crippen molar-refractivity contribution in [1.82, 2.24) is 20.1 Å². The van der Waals surface area contributed by atoms with Crippen molar-refractivity contribution in [3.8, 4) is 0 Å². The van der Waals surface area contributed by atoms with Gasteiger partial charge in [-0.25, -0.2) is 0 Å². The van der Waals surface area contributed by atoms with E-state index in [4.69, 9.17) is 0 Å². The number of piperidine rings is 1. The number of amides is 2. The summed E-state index contributed by atoms with van der Waals surface area (Å²) in [6.07, 6.45) is 12.8. The molecule has 1 aromatic heterocycles. The molecule has 3 rings (SSSR count). The number of pyridine rings is 1. The Morgan fingerprint density at radius 2 is 1.93 bits per heavy atom. The van der Waals surface area contributed by atoms with Gasteiger partial charge in [0.2, 0.25) is 11.8 Å². The van der Waals surface area contributed by atoms with Gasteiger partial charge in [0.15, 0.2) is 0 Å². The van der Waals surface area contributed by atoms with E-state index in [1.54, 1.807) is 18.5 Å². The number of hydrogen-bond donors (Lipinski definition) is 1. The SMILES string of the molecule is CCN1CCC[C@H]1CNC(=O)CCC1CCN(C(=O)/C=C/c2ccncc2)CC1. The van der Waals surface area contributed by atoms with Crippen LogP contribution in [-0.2, 0) is 9.59 Å². The van der Waals surface area contributed by atoms with Gasteiger partial charge in [-0.15, -0.1) is 0 Å². The maximum absolute atomic E-state index is 12.4. The molecule has 2 amide bonds. The first-order valence-corrected chi connectivity index (χ1v) is 11.0. The van der Waals surface area contributed by atoms with Crippen LogP contribution in [0.5, 0.6) is 0 Å². The zero-order valence-corrected chi connectivity index (χ0v) is 17.6. The van der Waals surface area contributed by atoms with Crippen LogP contribution in [0.3, 0.4) is 0 Å². The summed E-state index contributed by atoms with van der Waals surface area (Å²) < 4.78 is 0. The fraction of sp³-hybridized carbons (Fsp3) is 0.609. The van der Waals surface area contributed by atoms with Gasteiger partial charge >= 0.3 is 0 Å². The van der Waals surface area contributed by atoms with Gasteiger partial charge in [0.25, 0.3) is 0 Å². The Morgan fingerprint density at radius 1 is 1.17 bits per heavy atom. The number of hydrogen-bond acceptors (Lipinski definition) is 4. The van der Waals surface area contributed by atoms with E-state index in [1.807, 2.05) is 23.1 Å². The van der Waals surface area contributed by atoms with Gasteiger partial charge in [-0.1, -0.05) is 6.92 Å². The lowest BCUT2D eigenvalue weighted by molar-refractivity contribution is -0.127. The van der Waals surface area contributed by atoms with Crippen LogP contribution in [0.25, 0.3) is 6.08 Å². The van der Waals surface area contributed by atoms with Gasteiger partial charge in [-0.05, 0) is 74.9 Å². The molecule has 1 aromatic rings. The molecule has 0 aromatic carbocycles. The molecule has 0 spiro atoms. The summed E-state index contributed by atoms with van der Waals surface area (Å²) in [4.78, 5) is 32.9.